The van der Waals surface area contributed by atoms with Gasteiger partial charge in [-0.1, -0.05) is 58.0 Å². The largest absolute Gasteiger partial charge is 0.0873 e. The molecule has 0 unspecified atom stereocenters. The van der Waals surface area contributed by atoms with Gasteiger partial charge in [-0.2, -0.15) is 0 Å². The van der Waals surface area contributed by atoms with Gasteiger partial charge in [0, 0.05) is 9.49 Å². The van der Waals surface area contributed by atoms with Gasteiger partial charge in [0.15, 0.2) is 0 Å². The third kappa shape index (κ3) is 4.89. The first-order valence-corrected chi connectivity index (χ1v) is 9.52. The maximum absolute atomic E-state index is 2.39. The zero-order chi connectivity index (χ0) is 15.2. The summed E-state index contributed by atoms with van der Waals surface area (Å²) in [6.07, 6.45) is 15.9. The van der Waals surface area contributed by atoms with Gasteiger partial charge in [0.25, 0.3) is 0 Å². The molecule has 0 aromatic carbocycles. The minimum atomic E-state index is 0.127. The summed E-state index contributed by atoms with van der Waals surface area (Å²) in [5, 5.41) is 0. The van der Waals surface area contributed by atoms with E-state index < -0.39 is 0 Å². The molecule has 0 saturated carbocycles. The lowest BCUT2D eigenvalue weighted by Crippen LogP contribution is -2.21. The quantitative estimate of drug-likeness (QED) is 0.394. The molecule has 0 heterocycles. The highest BCUT2D eigenvalue weighted by molar-refractivity contribution is 8.77. The molecule has 1 aliphatic carbocycles. The summed E-state index contributed by atoms with van der Waals surface area (Å²) in [5.74, 6) is 0. The Bertz CT molecular complexity index is 418. The summed E-state index contributed by atoms with van der Waals surface area (Å²) < 4.78 is 0.287. The van der Waals surface area contributed by atoms with Crippen LogP contribution in [0.1, 0.15) is 54.4 Å². The lowest BCUT2D eigenvalue weighted by atomic mass is 9.96. The first-order valence-electron chi connectivity index (χ1n) is 7.37. The van der Waals surface area contributed by atoms with Gasteiger partial charge in [-0.25, -0.2) is 0 Å². The molecule has 2 heteroatoms. The number of hydrogen-bond acceptors (Lipinski definition) is 2. The summed E-state index contributed by atoms with van der Waals surface area (Å²) >= 11 is 0. The predicted molar refractivity (Wildman–Crippen MR) is 98.4 cm³/mol. The van der Waals surface area contributed by atoms with E-state index in [1.807, 2.05) is 21.6 Å². The molecule has 0 fully saturated rings. The highest BCUT2D eigenvalue weighted by Crippen LogP contribution is 2.50. The second-order valence-corrected chi connectivity index (χ2v) is 9.45. The Morgan fingerprint density at radius 1 is 1.10 bits per heavy atom. The van der Waals surface area contributed by atoms with E-state index in [0.29, 0.717) is 0 Å². The van der Waals surface area contributed by atoms with Crippen molar-refractivity contribution in [2.24, 2.45) is 0 Å². The van der Waals surface area contributed by atoms with Crippen LogP contribution in [0, 0.1) is 0 Å². The molecule has 0 N–H and O–H groups in total. The SMILES string of the molecule is C/C=C\C(=C/C)C(C)(C)SSC(C)(C)C1=CCCC=C1. The topological polar surface area (TPSA) is 0 Å². The Kier molecular flexibility index (Phi) is 6.74. The van der Waals surface area contributed by atoms with Crippen LogP contribution in [0.4, 0.5) is 0 Å². The molecule has 0 bridgehead atoms. The maximum Gasteiger partial charge on any atom is 0.0452 e. The summed E-state index contributed by atoms with van der Waals surface area (Å²) in [7, 11) is 3.96. The van der Waals surface area contributed by atoms with Crippen molar-refractivity contribution in [3.8, 4) is 0 Å². The fourth-order valence-electron chi connectivity index (χ4n) is 2.19. The third-order valence-corrected chi connectivity index (χ3v) is 7.64. The Hall–Kier alpha value is -0.340. The van der Waals surface area contributed by atoms with Gasteiger partial charge in [-0.3, -0.25) is 0 Å². The van der Waals surface area contributed by atoms with E-state index in [4.69, 9.17) is 0 Å². The van der Waals surface area contributed by atoms with Crippen molar-refractivity contribution >= 4 is 21.6 Å². The van der Waals surface area contributed by atoms with E-state index in [2.05, 4.69) is 78.0 Å². The fraction of sp³-hybridized carbons (Fsp3) is 0.556. The maximum atomic E-state index is 2.39. The van der Waals surface area contributed by atoms with Crippen molar-refractivity contribution in [3.63, 3.8) is 0 Å². The van der Waals surface area contributed by atoms with Crippen molar-refractivity contribution in [2.75, 3.05) is 0 Å². The van der Waals surface area contributed by atoms with E-state index in [1.54, 1.807) is 0 Å². The highest BCUT2D eigenvalue weighted by atomic mass is 33.1. The molecule has 0 amide bonds. The molecule has 0 saturated heterocycles. The van der Waals surface area contributed by atoms with Gasteiger partial charge in [0.1, 0.15) is 0 Å². The molecule has 0 aliphatic heterocycles. The van der Waals surface area contributed by atoms with Gasteiger partial charge < -0.3 is 0 Å². The van der Waals surface area contributed by atoms with Crippen LogP contribution in [0.3, 0.4) is 0 Å². The first kappa shape index (κ1) is 17.7. The normalized spacial score (nSPS) is 17.7. The van der Waals surface area contributed by atoms with Crippen molar-refractivity contribution in [2.45, 2.75) is 63.9 Å². The molecule has 0 nitrogen and oxygen atoms in total. The van der Waals surface area contributed by atoms with Crippen LogP contribution in [0.25, 0.3) is 0 Å². The fourth-order valence-corrected chi connectivity index (χ4v) is 4.96. The van der Waals surface area contributed by atoms with Crippen LogP contribution >= 0.6 is 21.6 Å². The van der Waals surface area contributed by atoms with E-state index in [-0.39, 0.29) is 9.49 Å². The second-order valence-electron chi connectivity index (χ2n) is 6.07. The van der Waals surface area contributed by atoms with Gasteiger partial charge in [0.2, 0.25) is 0 Å². The van der Waals surface area contributed by atoms with Gasteiger partial charge in [-0.15, -0.1) is 0 Å². The average Bonchev–Trinajstić information content (AvgIpc) is 2.43. The molecule has 0 radical (unpaired) electrons. The zero-order valence-electron chi connectivity index (χ0n) is 13.7. The van der Waals surface area contributed by atoms with Crippen LogP contribution in [0.5, 0.6) is 0 Å². The Labute approximate surface area is 133 Å². The molecule has 0 aromatic rings. The van der Waals surface area contributed by atoms with Crippen LogP contribution < -0.4 is 0 Å². The van der Waals surface area contributed by atoms with E-state index in [1.165, 1.54) is 24.0 Å². The number of allylic oxidation sites excluding steroid dienone is 6. The van der Waals surface area contributed by atoms with Gasteiger partial charge >= 0.3 is 0 Å². The number of rotatable bonds is 6. The van der Waals surface area contributed by atoms with Crippen LogP contribution in [-0.2, 0) is 0 Å². The molecule has 0 atom stereocenters. The molecule has 0 spiro atoms. The molecule has 0 aromatic heterocycles. The minimum absolute atomic E-state index is 0.127. The molecular formula is C18H28S2. The number of hydrogen-bond donors (Lipinski definition) is 0. The zero-order valence-corrected chi connectivity index (χ0v) is 15.3. The Balaban J connectivity index is 2.74. The van der Waals surface area contributed by atoms with E-state index in [0.717, 1.165) is 0 Å². The highest BCUT2D eigenvalue weighted by Gasteiger charge is 2.29. The van der Waals surface area contributed by atoms with Crippen LogP contribution in [0.15, 0.2) is 47.6 Å². The predicted octanol–water partition coefficient (Wildman–Crippen LogP) is 6.72. The lowest BCUT2D eigenvalue weighted by molar-refractivity contribution is 0.834. The second kappa shape index (κ2) is 7.61. The molecule has 20 heavy (non-hydrogen) atoms. The summed E-state index contributed by atoms with van der Waals surface area (Å²) in [4.78, 5) is 0. The van der Waals surface area contributed by atoms with Crippen molar-refractivity contribution < 1.29 is 0 Å². The van der Waals surface area contributed by atoms with Crippen LogP contribution in [0.2, 0.25) is 0 Å². The molecule has 112 valence electrons. The monoisotopic (exact) mass is 308 g/mol. The van der Waals surface area contributed by atoms with Gasteiger partial charge in [-0.05, 0) is 65.5 Å². The van der Waals surface area contributed by atoms with Crippen molar-refractivity contribution in [1.29, 1.82) is 0 Å². The van der Waals surface area contributed by atoms with Crippen LogP contribution in [-0.4, -0.2) is 9.49 Å². The Morgan fingerprint density at radius 3 is 2.30 bits per heavy atom. The third-order valence-electron chi connectivity index (χ3n) is 3.50. The average molecular weight is 309 g/mol. The lowest BCUT2D eigenvalue weighted by Gasteiger charge is -2.32. The summed E-state index contributed by atoms with van der Waals surface area (Å²) in [6, 6.07) is 0. The molecule has 1 aliphatic rings. The standard InChI is InChI=1S/C18H28S2/c1-7-12-15(8-2)17(3,4)19-20-18(5,6)16-13-10-9-11-14-16/h7-8,10,12-14H,9,11H2,1-6H3/b12-7-,15-8+. The summed E-state index contributed by atoms with van der Waals surface area (Å²) in [5.41, 5.74) is 2.85. The molecule has 1 rings (SSSR count). The van der Waals surface area contributed by atoms with E-state index in [9.17, 15) is 0 Å². The van der Waals surface area contributed by atoms with Crippen molar-refractivity contribution in [3.05, 3.63) is 47.6 Å². The summed E-state index contributed by atoms with van der Waals surface area (Å²) in [6.45, 7) is 13.5. The smallest absolute Gasteiger partial charge is 0.0452 e. The Morgan fingerprint density at radius 2 is 1.80 bits per heavy atom. The molecular weight excluding hydrogens is 280 g/mol. The minimum Gasteiger partial charge on any atom is -0.0873 e. The van der Waals surface area contributed by atoms with Gasteiger partial charge in [0.05, 0.1) is 0 Å². The van der Waals surface area contributed by atoms with E-state index >= 15 is 0 Å². The van der Waals surface area contributed by atoms with Crippen molar-refractivity contribution in [1.82, 2.24) is 0 Å². The first-order chi connectivity index (χ1) is 9.33.